The molecule has 3 nitrogen and oxygen atoms in total. The second kappa shape index (κ2) is 5.38. The Bertz CT molecular complexity index is 554. The van der Waals surface area contributed by atoms with Crippen molar-refractivity contribution < 1.29 is 0 Å². The van der Waals surface area contributed by atoms with Crippen LogP contribution < -0.4 is 11.1 Å². The van der Waals surface area contributed by atoms with E-state index in [4.69, 9.17) is 17.3 Å². The number of nitrogens with two attached hydrogens (primary N) is 1. The van der Waals surface area contributed by atoms with E-state index in [1.54, 1.807) is 6.20 Å². The second-order valence-electron chi connectivity index (χ2n) is 4.21. The van der Waals surface area contributed by atoms with Crippen LogP contribution in [0.5, 0.6) is 0 Å². The van der Waals surface area contributed by atoms with Crippen LogP contribution in [0.4, 0.5) is 5.82 Å². The first-order valence-electron chi connectivity index (χ1n) is 5.77. The van der Waals surface area contributed by atoms with Crippen LogP contribution in [0.15, 0.2) is 36.5 Å². The molecule has 2 aromatic rings. The van der Waals surface area contributed by atoms with Crippen molar-refractivity contribution in [3.8, 4) is 0 Å². The van der Waals surface area contributed by atoms with Gasteiger partial charge in [-0.3, -0.25) is 0 Å². The minimum atomic E-state index is -0.00241. The van der Waals surface area contributed by atoms with Crippen molar-refractivity contribution >= 4 is 17.4 Å². The number of nitrogen functional groups attached to an aromatic ring is 1. The number of hydrogen-bond donors (Lipinski definition) is 2. The van der Waals surface area contributed by atoms with Gasteiger partial charge in [0.15, 0.2) is 0 Å². The van der Waals surface area contributed by atoms with Crippen LogP contribution >= 0.6 is 11.6 Å². The molecule has 1 aromatic carbocycles. The Hall–Kier alpha value is -1.58. The zero-order valence-corrected chi connectivity index (χ0v) is 11.2. The summed E-state index contributed by atoms with van der Waals surface area (Å²) >= 11 is 6.00. The van der Waals surface area contributed by atoms with Gasteiger partial charge in [-0.1, -0.05) is 35.9 Å². The molecule has 1 aromatic heterocycles. The maximum atomic E-state index is 6.00. The third kappa shape index (κ3) is 2.47. The van der Waals surface area contributed by atoms with E-state index in [9.17, 15) is 0 Å². The molecular weight excluding hydrogens is 246 g/mol. The molecule has 2 rings (SSSR count). The first kappa shape index (κ1) is 12.9. The van der Waals surface area contributed by atoms with Gasteiger partial charge in [0.2, 0.25) is 0 Å². The Morgan fingerprint density at radius 1 is 1.28 bits per heavy atom. The number of nitrogens with one attached hydrogen (secondary N) is 1. The summed E-state index contributed by atoms with van der Waals surface area (Å²) in [5.41, 5.74) is 9.23. The second-order valence-corrected chi connectivity index (χ2v) is 4.64. The molecule has 1 heterocycles. The van der Waals surface area contributed by atoms with E-state index >= 15 is 0 Å². The Morgan fingerprint density at radius 2 is 2.00 bits per heavy atom. The summed E-state index contributed by atoms with van der Waals surface area (Å²) in [5.74, 6) is 0.502. The summed E-state index contributed by atoms with van der Waals surface area (Å²) in [6, 6.07) is 10.0. The lowest BCUT2D eigenvalue weighted by Crippen LogP contribution is -2.20. The lowest BCUT2D eigenvalue weighted by molar-refractivity contribution is 0.687. The monoisotopic (exact) mass is 261 g/mol. The van der Waals surface area contributed by atoms with Crippen LogP contribution in [0.2, 0.25) is 5.02 Å². The molecule has 0 radical (unpaired) electrons. The maximum Gasteiger partial charge on any atom is 0.128 e. The van der Waals surface area contributed by atoms with Crippen LogP contribution in [0.25, 0.3) is 0 Å². The van der Waals surface area contributed by atoms with Gasteiger partial charge >= 0.3 is 0 Å². The molecule has 0 fully saturated rings. The average Bonchev–Trinajstić information content (AvgIpc) is 2.36. The molecule has 0 aliphatic carbocycles. The maximum absolute atomic E-state index is 6.00. The number of nitrogens with zero attached hydrogens (tertiary/aromatic N) is 1. The van der Waals surface area contributed by atoms with Crippen molar-refractivity contribution in [3.63, 3.8) is 0 Å². The molecule has 0 saturated heterocycles. The Balaban J connectivity index is 2.52. The van der Waals surface area contributed by atoms with E-state index in [-0.39, 0.29) is 6.04 Å². The van der Waals surface area contributed by atoms with E-state index in [2.05, 4.69) is 29.4 Å². The van der Waals surface area contributed by atoms with Gasteiger partial charge in [0, 0.05) is 11.8 Å². The smallest absolute Gasteiger partial charge is 0.128 e. The summed E-state index contributed by atoms with van der Waals surface area (Å²) in [6.07, 6.45) is 1.56. The number of rotatable bonds is 3. The zero-order chi connectivity index (χ0) is 13.1. The van der Waals surface area contributed by atoms with Crippen LogP contribution in [0.3, 0.4) is 0 Å². The number of halogens is 1. The van der Waals surface area contributed by atoms with Crippen molar-refractivity contribution in [1.82, 2.24) is 10.3 Å². The topological polar surface area (TPSA) is 50.9 Å². The molecule has 1 atom stereocenters. The molecule has 0 aliphatic rings. The molecule has 0 amide bonds. The van der Waals surface area contributed by atoms with Gasteiger partial charge < -0.3 is 11.1 Å². The quantitative estimate of drug-likeness (QED) is 0.893. The minimum Gasteiger partial charge on any atom is -0.383 e. The van der Waals surface area contributed by atoms with E-state index in [0.29, 0.717) is 10.8 Å². The van der Waals surface area contributed by atoms with Gasteiger partial charge in [0.1, 0.15) is 5.82 Å². The molecule has 0 saturated carbocycles. The van der Waals surface area contributed by atoms with Crippen LogP contribution in [-0.4, -0.2) is 12.0 Å². The van der Waals surface area contributed by atoms with Crippen molar-refractivity contribution in [2.24, 2.45) is 0 Å². The van der Waals surface area contributed by atoms with Gasteiger partial charge in [-0.15, -0.1) is 0 Å². The van der Waals surface area contributed by atoms with Gasteiger partial charge in [0.25, 0.3) is 0 Å². The third-order valence-electron chi connectivity index (χ3n) is 3.02. The fourth-order valence-corrected chi connectivity index (χ4v) is 2.25. The Kier molecular flexibility index (Phi) is 3.84. The minimum absolute atomic E-state index is 0.00241. The molecule has 3 N–H and O–H groups in total. The highest BCUT2D eigenvalue weighted by atomic mass is 35.5. The molecule has 0 bridgehead atoms. The van der Waals surface area contributed by atoms with Crippen LogP contribution in [-0.2, 0) is 0 Å². The summed E-state index contributed by atoms with van der Waals surface area (Å²) in [6.45, 7) is 2.08. The highest BCUT2D eigenvalue weighted by Gasteiger charge is 2.17. The van der Waals surface area contributed by atoms with Crippen LogP contribution in [0, 0.1) is 6.92 Å². The van der Waals surface area contributed by atoms with Crippen molar-refractivity contribution in [1.29, 1.82) is 0 Å². The number of aryl methyl sites for hydroxylation is 1. The van der Waals surface area contributed by atoms with E-state index in [1.807, 2.05) is 25.2 Å². The lowest BCUT2D eigenvalue weighted by atomic mass is 9.95. The summed E-state index contributed by atoms with van der Waals surface area (Å²) < 4.78 is 0. The molecule has 94 valence electrons. The van der Waals surface area contributed by atoms with Gasteiger partial charge in [-0.05, 0) is 31.2 Å². The van der Waals surface area contributed by atoms with Gasteiger partial charge in [0.05, 0.1) is 11.1 Å². The average molecular weight is 262 g/mol. The molecule has 1 unspecified atom stereocenters. The first-order chi connectivity index (χ1) is 8.63. The third-order valence-corrected chi connectivity index (χ3v) is 3.22. The highest BCUT2D eigenvalue weighted by Crippen LogP contribution is 2.29. The molecular formula is C14H16ClN3. The Morgan fingerprint density at radius 3 is 2.67 bits per heavy atom. The fraction of sp³-hybridized carbons (Fsp3) is 0.214. The van der Waals surface area contributed by atoms with Gasteiger partial charge in [-0.25, -0.2) is 4.98 Å². The van der Waals surface area contributed by atoms with Crippen molar-refractivity contribution in [2.45, 2.75) is 13.0 Å². The normalized spacial score (nSPS) is 12.4. The number of hydrogen-bond acceptors (Lipinski definition) is 3. The molecule has 0 spiro atoms. The molecule has 18 heavy (non-hydrogen) atoms. The Labute approximate surface area is 112 Å². The van der Waals surface area contributed by atoms with Crippen molar-refractivity contribution in [3.05, 3.63) is 58.2 Å². The van der Waals surface area contributed by atoms with E-state index < -0.39 is 0 Å². The lowest BCUT2D eigenvalue weighted by Gasteiger charge is -2.20. The van der Waals surface area contributed by atoms with E-state index in [1.165, 1.54) is 11.1 Å². The number of aromatic nitrogens is 1. The fourth-order valence-electron chi connectivity index (χ4n) is 2.09. The number of pyridine rings is 1. The number of benzene rings is 1. The summed E-state index contributed by atoms with van der Waals surface area (Å²) in [4.78, 5) is 4.11. The predicted molar refractivity (Wildman–Crippen MR) is 75.7 cm³/mol. The zero-order valence-electron chi connectivity index (χ0n) is 10.4. The molecule has 0 aliphatic heterocycles. The molecule has 4 heteroatoms. The summed E-state index contributed by atoms with van der Waals surface area (Å²) in [7, 11) is 1.90. The summed E-state index contributed by atoms with van der Waals surface area (Å²) in [5, 5.41) is 3.86. The van der Waals surface area contributed by atoms with E-state index in [0.717, 1.165) is 5.56 Å². The highest BCUT2D eigenvalue weighted by molar-refractivity contribution is 6.30. The largest absolute Gasteiger partial charge is 0.383 e. The standard InChI is InChI=1S/C14H16ClN3/c1-9-5-3-4-6-11(9)13(17-2)12-7-10(15)8-18-14(12)16/h3-8,13,17H,1-2H3,(H2,16,18). The SMILES string of the molecule is CNC(c1ccccc1C)c1cc(Cl)cnc1N. The first-order valence-corrected chi connectivity index (χ1v) is 6.15. The van der Waals surface area contributed by atoms with Crippen molar-refractivity contribution in [2.75, 3.05) is 12.8 Å². The van der Waals surface area contributed by atoms with Gasteiger partial charge in [-0.2, -0.15) is 0 Å². The van der Waals surface area contributed by atoms with Crippen LogP contribution in [0.1, 0.15) is 22.7 Å². The predicted octanol–water partition coefficient (Wildman–Crippen LogP) is 2.93. The number of anilines is 1.